The van der Waals surface area contributed by atoms with Crippen molar-refractivity contribution in [3.8, 4) is 5.75 Å². The molecule has 0 amide bonds. The second kappa shape index (κ2) is 5.81. The van der Waals surface area contributed by atoms with Crippen molar-refractivity contribution < 1.29 is 31.8 Å². The van der Waals surface area contributed by atoms with E-state index < -0.39 is 50.0 Å². The third-order valence-electron chi connectivity index (χ3n) is 3.59. The van der Waals surface area contributed by atoms with Crippen LogP contribution >= 0.6 is 0 Å². The Morgan fingerprint density at radius 3 is 2.55 bits per heavy atom. The monoisotopic (exact) mass is 335 g/mol. The van der Waals surface area contributed by atoms with Gasteiger partial charge in [0.05, 0.1) is 13.0 Å². The van der Waals surface area contributed by atoms with E-state index in [0.717, 1.165) is 13.2 Å². The lowest BCUT2D eigenvalue weighted by atomic mass is 9.99. The van der Waals surface area contributed by atoms with Gasteiger partial charge in [-0.2, -0.15) is 0 Å². The first-order chi connectivity index (χ1) is 10.2. The molecule has 0 radical (unpaired) electrons. The van der Waals surface area contributed by atoms with Gasteiger partial charge in [-0.1, -0.05) is 0 Å². The molecule has 6 nitrogen and oxygen atoms in total. The van der Waals surface area contributed by atoms with Gasteiger partial charge in [0.1, 0.15) is 10.7 Å². The molecule has 2 atom stereocenters. The van der Waals surface area contributed by atoms with E-state index in [0.29, 0.717) is 6.26 Å². The zero-order valence-electron chi connectivity index (χ0n) is 11.9. The number of aliphatic carboxylic acids is 1. The normalized spacial score (nSPS) is 21.8. The van der Waals surface area contributed by atoms with E-state index in [-0.39, 0.29) is 18.5 Å². The number of ether oxygens (including phenoxy) is 1. The summed E-state index contributed by atoms with van der Waals surface area (Å²) in [7, 11) is -2.97. The molecule has 2 N–H and O–H groups in total. The van der Waals surface area contributed by atoms with Crippen LogP contribution in [0.5, 0.6) is 5.75 Å². The van der Waals surface area contributed by atoms with E-state index in [4.69, 9.17) is 9.84 Å². The molecule has 9 heteroatoms. The molecule has 1 aromatic carbocycles. The topological polar surface area (TPSA) is 92.7 Å². The first-order valence-electron chi connectivity index (χ1n) is 6.39. The summed E-state index contributed by atoms with van der Waals surface area (Å²) in [5.74, 6) is -4.62. The second-order valence-corrected chi connectivity index (χ2v) is 7.08. The minimum atomic E-state index is -4.11. The number of carboxylic acids is 1. The zero-order chi connectivity index (χ0) is 16.7. The molecule has 122 valence electrons. The van der Waals surface area contributed by atoms with Crippen LogP contribution in [0.1, 0.15) is 18.0 Å². The number of rotatable bonds is 4. The fraction of sp³-hybridized carbons (Fsp3) is 0.462. The summed E-state index contributed by atoms with van der Waals surface area (Å²) in [5, 5.41) is 11.8. The lowest BCUT2D eigenvalue weighted by Gasteiger charge is -2.17. The Morgan fingerprint density at radius 1 is 1.45 bits per heavy atom. The predicted octanol–water partition coefficient (Wildman–Crippen LogP) is 1.11. The average Bonchev–Trinajstić information content (AvgIpc) is 2.85. The number of carboxylic acid groups (broad SMARTS) is 1. The van der Waals surface area contributed by atoms with Crippen LogP contribution in [0.25, 0.3) is 0 Å². The highest BCUT2D eigenvalue weighted by Crippen LogP contribution is 2.38. The van der Waals surface area contributed by atoms with Crippen molar-refractivity contribution in [2.24, 2.45) is 5.92 Å². The lowest BCUT2D eigenvalue weighted by Crippen LogP contribution is -2.18. The molecule has 1 aliphatic heterocycles. The number of methoxy groups -OCH3 is 1. The van der Waals surface area contributed by atoms with Gasteiger partial charge in [0, 0.05) is 24.4 Å². The number of halogens is 2. The molecule has 2 rings (SSSR count). The third kappa shape index (κ3) is 2.91. The van der Waals surface area contributed by atoms with Gasteiger partial charge in [-0.3, -0.25) is 4.79 Å². The summed E-state index contributed by atoms with van der Waals surface area (Å²) >= 11 is 0. The van der Waals surface area contributed by atoms with Crippen LogP contribution in [0.3, 0.4) is 0 Å². The van der Waals surface area contributed by atoms with Crippen molar-refractivity contribution in [2.75, 3.05) is 19.9 Å². The summed E-state index contributed by atoms with van der Waals surface area (Å²) in [5.41, 5.74) is 0.0636. The number of benzene rings is 1. The van der Waals surface area contributed by atoms with E-state index in [1.54, 1.807) is 0 Å². The SMILES string of the molecule is COc1c(C2CC(C(=O)O)CN2)cc(F)c(S(C)(=O)=O)c1F. The summed E-state index contributed by atoms with van der Waals surface area (Å²) in [6.45, 7) is 0.153. The van der Waals surface area contributed by atoms with E-state index in [1.165, 1.54) is 0 Å². The number of hydrogen-bond acceptors (Lipinski definition) is 5. The van der Waals surface area contributed by atoms with E-state index in [2.05, 4.69) is 5.32 Å². The minimum absolute atomic E-state index is 0.0636. The zero-order valence-corrected chi connectivity index (χ0v) is 12.7. The summed E-state index contributed by atoms with van der Waals surface area (Å²) in [4.78, 5) is 9.90. The number of nitrogens with one attached hydrogen (secondary N) is 1. The maximum absolute atomic E-state index is 14.3. The Balaban J connectivity index is 2.53. The predicted molar refractivity (Wildman–Crippen MR) is 72.5 cm³/mol. The smallest absolute Gasteiger partial charge is 0.307 e. The molecule has 1 heterocycles. The maximum atomic E-state index is 14.3. The van der Waals surface area contributed by atoms with Crippen LogP contribution in [0.4, 0.5) is 8.78 Å². The third-order valence-corrected chi connectivity index (χ3v) is 4.71. The van der Waals surface area contributed by atoms with E-state index in [9.17, 15) is 22.0 Å². The Labute approximate surface area is 126 Å². The quantitative estimate of drug-likeness (QED) is 0.856. The van der Waals surface area contributed by atoms with Crippen molar-refractivity contribution in [3.63, 3.8) is 0 Å². The Kier molecular flexibility index (Phi) is 4.39. The average molecular weight is 335 g/mol. The second-order valence-electron chi connectivity index (χ2n) is 5.13. The summed E-state index contributed by atoms with van der Waals surface area (Å²) in [6, 6.07) is 0.244. The molecular weight excluding hydrogens is 320 g/mol. The van der Waals surface area contributed by atoms with Crippen LogP contribution in [-0.2, 0) is 14.6 Å². The molecule has 22 heavy (non-hydrogen) atoms. The van der Waals surface area contributed by atoms with E-state index >= 15 is 0 Å². The van der Waals surface area contributed by atoms with Crippen molar-refractivity contribution >= 4 is 15.8 Å². The highest BCUT2D eigenvalue weighted by Gasteiger charge is 2.35. The van der Waals surface area contributed by atoms with Gasteiger partial charge in [-0.25, -0.2) is 17.2 Å². The van der Waals surface area contributed by atoms with Crippen LogP contribution < -0.4 is 10.1 Å². The van der Waals surface area contributed by atoms with Crippen molar-refractivity contribution in [1.29, 1.82) is 0 Å². The minimum Gasteiger partial charge on any atom is -0.493 e. The molecule has 1 aliphatic rings. The molecule has 0 aliphatic carbocycles. The Hall–Kier alpha value is -1.74. The van der Waals surface area contributed by atoms with Gasteiger partial charge in [0.2, 0.25) is 0 Å². The van der Waals surface area contributed by atoms with Crippen LogP contribution in [0.2, 0.25) is 0 Å². The largest absolute Gasteiger partial charge is 0.493 e. The molecule has 1 fully saturated rings. The fourth-order valence-electron chi connectivity index (χ4n) is 2.57. The highest BCUT2D eigenvalue weighted by molar-refractivity contribution is 7.90. The van der Waals surface area contributed by atoms with Crippen molar-refractivity contribution in [1.82, 2.24) is 5.32 Å². The van der Waals surface area contributed by atoms with Crippen LogP contribution in [-0.4, -0.2) is 39.4 Å². The number of carbonyl (C=O) groups is 1. The van der Waals surface area contributed by atoms with Gasteiger partial charge in [0.25, 0.3) is 0 Å². The molecule has 0 bridgehead atoms. The molecule has 0 saturated carbocycles. The Bertz CT molecular complexity index is 720. The molecule has 0 aromatic heterocycles. The van der Waals surface area contributed by atoms with Crippen molar-refractivity contribution in [3.05, 3.63) is 23.3 Å². The first kappa shape index (κ1) is 16.6. The number of sulfone groups is 1. The van der Waals surface area contributed by atoms with Gasteiger partial charge in [0.15, 0.2) is 21.4 Å². The Morgan fingerprint density at radius 2 is 2.09 bits per heavy atom. The number of hydrogen-bond donors (Lipinski definition) is 2. The van der Waals surface area contributed by atoms with Crippen molar-refractivity contribution in [2.45, 2.75) is 17.4 Å². The standard InChI is InChI=1S/C13H15F2NO5S/c1-21-11-7(9-3-6(5-16-9)13(17)18)4-8(14)12(10(11)15)22(2,19)20/h4,6,9,16H,3,5H2,1-2H3,(H,17,18). The summed E-state index contributed by atoms with van der Waals surface area (Å²) in [6.07, 6.45) is 0.824. The molecular formula is C13H15F2NO5S. The fourth-order valence-corrected chi connectivity index (χ4v) is 3.40. The maximum Gasteiger partial charge on any atom is 0.307 e. The van der Waals surface area contributed by atoms with Gasteiger partial charge in [-0.15, -0.1) is 0 Å². The molecule has 1 aromatic rings. The van der Waals surface area contributed by atoms with Crippen LogP contribution in [0.15, 0.2) is 11.0 Å². The highest BCUT2D eigenvalue weighted by atomic mass is 32.2. The molecule has 1 saturated heterocycles. The van der Waals surface area contributed by atoms with Crippen LogP contribution in [0, 0.1) is 17.6 Å². The van der Waals surface area contributed by atoms with Gasteiger partial charge >= 0.3 is 5.97 Å². The molecule has 0 spiro atoms. The first-order valence-corrected chi connectivity index (χ1v) is 8.28. The van der Waals surface area contributed by atoms with E-state index in [1.807, 2.05) is 0 Å². The van der Waals surface area contributed by atoms with Gasteiger partial charge < -0.3 is 15.2 Å². The lowest BCUT2D eigenvalue weighted by molar-refractivity contribution is -0.141. The van der Waals surface area contributed by atoms with Gasteiger partial charge in [-0.05, 0) is 12.5 Å². The summed E-state index contributed by atoms with van der Waals surface area (Å²) < 4.78 is 56.2. The molecule has 2 unspecified atom stereocenters.